The van der Waals surface area contributed by atoms with Crippen molar-refractivity contribution >= 4 is 11.8 Å². The molecular weight excluding hydrogens is 208 g/mol. The molecule has 0 atom stereocenters. The van der Waals surface area contributed by atoms with Gasteiger partial charge >= 0.3 is 0 Å². The molecule has 0 rings (SSSR count). The Bertz CT molecular complexity index is 221. The van der Waals surface area contributed by atoms with Gasteiger partial charge in [0.25, 0.3) is 0 Å². The molecule has 0 saturated heterocycles. The van der Waals surface area contributed by atoms with Crippen molar-refractivity contribution in [1.29, 1.82) is 0 Å². The number of hydrogen-bond donors (Lipinski definition) is 3. The van der Waals surface area contributed by atoms with Gasteiger partial charge in [-0.05, 0) is 25.9 Å². The number of hydrazine groups is 1. The fourth-order valence-corrected chi connectivity index (χ4v) is 1.32. The number of nitrogens with two attached hydrogens (primary N) is 1. The number of nitrogens with zero attached hydrogens (tertiary/aromatic N) is 1. The normalized spacial score (nSPS) is 10.2. The molecule has 0 aliphatic rings. The third-order valence-electron chi connectivity index (χ3n) is 2.38. The number of amides is 2. The summed E-state index contributed by atoms with van der Waals surface area (Å²) in [5.74, 6) is 4.83. The molecule has 2 amide bonds. The molecule has 0 aromatic carbocycles. The van der Waals surface area contributed by atoms with Crippen LogP contribution in [0, 0.1) is 0 Å². The Hall–Kier alpha value is -1.14. The van der Waals surface area contributed by atoms with Gasteiger partial charge in [0.05, 0.1) is 6.54 Å². The molecule has 0 unspecified atom stereocenters. The minimum atomic E-state index is -0.144. The van der Waals surface area contributed by atoms with Gasteiger partial charge in [-0.2, -0.15) is 0 Å². The van der Waals surface area contributed by atoms with Gasteiger partial charge in [0.2, 0.25) is 11.8 Å². The first kappa shape index (κ1) is 14.9. The second kappa shape index (κ2) is 9.11. The van der Waals surface area contributed by atoms with Crippen LogP contribution in [0.5, 0.6) is 0 Å². The van der Waals surface area contributed by atoms with E-state index < -0.39 is 0 Å². The lowest BCUT2D eigenvalue weighted by molar-refractivity contribution is -0.122. The monoisotopic (exact) mass is 230 g/mol. The van der Waals surface area contributed by atoms with Gasteiger partial charge < -0.3 is 5.32 Å². The van der Waals surface area contributed by atoms with Gasteiger partial charge in [-0.3, -0.25) is 19.9 Å². The molecule has 6 nitrogen and oxygen atoms in total. The number of carbonyl (C=O) groups is 2. The van der Waals surface area contributed by atoms with E-state index >= 15 is 0 Å². The fourth-order valence-electron chi connectivity index (χ4n) is 1.32. The van der Waals surface area contributed by atoms with E-state index in [1.165, 1.54) is 0 Å². The zero-order chi connectivity index (χ0) is 12.4. The minimum absolute atomic E-state index is 0.0153. The highest BCUT2D eigenvalue weighted by molar-refractivity contribution is 5.77. The quantitative estimate of drug-likeness (QED) is 0.221. The second-order valence-corrected chi connectivity index (χ2v) is 3.57. The fraction of sp³-hybridized carbons (Fsp3) is 0.800. The highest BCUT2D eigenvalue weighted by Crippen LogP contribution is 1.98. The van der Waals surface area contributed by atoms with E-state index in [4.69, 9.17) is 5.84 Å². The smallest absolute Gasteiger partial charge is 0.233 e. The number of likely N-dealkylation sites (N-methyl/N-ethyl adjacent to an activating group) is 2. The SMILES string of the molecule is CCN(CCCCC(=O)NN)CC(=O)NC. The molecule has 0 spiro atoms. The first-order valence-electron chi connectivity index (χ1n) is 5.56. The van der Waals surface area contributed by atoms with E-state index in [0.717, 1.165) is 25.9 Å². The largest absolute Gasteiger partial charge is 0.358 e. The van der Waals surface area contributed by atoms with E-state index in [1.54, 1.807) is 7.05 Å². The van der Waals surface area contributed by atoms with E-state index in [-0.39, 0.29) is 11.8 Å². The standard InChI is InChI=1S/C10H22N4O2/c1-3-14(8-10(16)12-2)7-5-4-6-9(15)13-11/h3-8,11H2,1-2H3,(H,12,16)(H,13,15). The summed E-state index contributed by atoms with van der Waals surface area (Å²) in [6.45, 7) is 4.07. The van der Waals surface area contributed by atoms with Crippen LogP contribution >= 0.6 is 0 Å². The van der Waals surface area contributed by atoms with Crippen LogP contribution in [0.4, 0.5) is 0 Å². The van der Waals surface area contributed by atoms with E-state index in [1.807, 2.05) is 11.8 Å². The van der Waals surface area contributed by atoms with Crippen molar-refractivity contribution in [1.82, 2.24) is 15.6 Å². The van der Waals surface area contributed by atoms with Crippen LogP contribution < -0.4 is 16.6 Å². The van der Waals surface area contributed by atoms with Crippen molar-refractivity contribution in [2.75, 3.05) is 26.7 Å². The van der Waals surface area contributed by atoms with Gasteiger partial charge in [-0.1, -0.05) is 6.92 Å². The van der Waals surface area contributed by atoms with Crippen LogP contribution in [0.2, 0.25) is 0 Å². The Labute approximate surface area is 96.5 Å². The third-order valence-corrected chi connectivity index (χ3v) is 2.38. The Morgan fingerprint density at radius 1 is 1.25 bits per heavy atom. The van der Waals surface area contributed by atoms with Crippen LogP contribution in [-0.4, -0.2) is 43.4 Å². The molecule has 0 saturated carbocycles. The lowest BCUT2D eigenvalue weighted by atomic mass is 10.2. The molecule has 94 valence electrons. The number of hydrogen-bond acceptors (Lipinski definition) is 4. The summed E-state index contributed by atoms with van der Waals surface area (Å²) in [4.78, 5) is 24.0. The van der Waals surface area contributed by atoms with Crippen molar-refractivity contribution in [3.05, 3.63) is 0 Å². The maximum atomic E-state index is 11.1. The minimum Gasteiger partial charge on any atom is -0.358 e. The van der Waals surface area contributed by atoms with E-state index in [0.29, 0.717) is 13.0 Å². The third kappa shape index (κ3) is 7.19. The van der Waals surface area contributed by atoms with Crippen LogP contribution in [0.3, 0.4) is 0 Å². The maximum Gasteiger partial charge on any atom is 0.233 e. The number of unbranched alkanes of at least 4 members (excludes halogenated alkanes) is 1. The van der Waals surface area contributed by atoms with Crippen molar-refractivity contribution in [2.24, 2.45) is 5.84 Å². The van der Waals surface area contributed by atoms with Gasteiger partial charge in [-0.15, -0.1) is 0 Å². The molecule has 0 heterocycles. The van der Waals surface area contributed by atoms with Gasteiger partial charge in [-0.25, -0.2) is 5.84 Å². The zero-order valence-corrected chi connectivity index (χ0v) is 10.1. The lowest BCUT2D eigenvalue weighted by Crippen LogP contribution is -2.36. The van der Waals surface area contributed by atoms with Crippen LogP contribution in [-0.2, 0) is 9.59 Å². The molecule has 0 bridgehead atoms. The molecule has 16 heavy (non-hydrogen) atoms. The van der Waals surface area contributed by atoms with Crippen LogP contribution in [0.1, 0.15) is 26.2 Å². The van der Waals surface area contributed by atoms with Gasteiger partial charge in [0, 0.05) is 13.5 Å². The first-order valence-corrected chi connectivity index (χ1v) is 5.56. The Morgan fingerprint density at radius 3 is 2.44 bits per heavy atom. The summed E-state index contributed by atoms with van der Waals surface area (Å²) in [5.41, 5.74) is 2.09. The van der Waals surface area contributed by atoms with Gasteiger partial charge in [0.15, 0.2) is 0 Å². The molecule has 0 aliphatic carbocycles. The van der Waals surface area contributed by atoms with Crippen LogP contribution in [0.25, 0.3) is 0 Å². The van der Waals surface area contributed by atoms with E-state index in [2.05, 4.69) is 10.7 Å². The van der Waals surface area contributed by atoms with E-state index in [9.17, 15) is 9.59 Å². The summed E-state index contributed by atoms with van der Waals surface area (Å²) >= 11 is 0. The molecule has 0 aromatic heterocycles. The molecule has 0 radical (unpaired) electrons. The van der Waals surface area contributed by atoms with Crippen molar-refractivity contribution in [3.63, 3.8) is 0 Å². The highest BCUT2D eigenvalue weighted by atomic mass is 16.2. The summed E-state index contributed by atoms with van der Waals surface area (Å²) in [6, 6.07) is 0. The summed E-state index contributed by atoms with van der Waals surface area (Å²) in [5, 5.41) is 2.59. The van der Waals surface area contributed by atoms with Crippen LogP contribution in [0.15, 0.2) is 0 Å². The van der Waals surface area contributed by atoms with Gasteiger partial charge in [0.1, 0.15) is 0 Å². The molecule has 6 heteroatoms. The molecule has 0 aliphatic heterocycles. The first-order chi connectivity index (χ1) is 7.63. The van der Waals surface area contributed by atoms with Crippen molar-refractivity contribution < 1.29 is 9.59 Å². The Morgan fingerprint density at radius 2 is 1.94 bits per heavy atom. The maximum absolute atomic E-state index is 11.1. The lowest BCUT2D eigenvalue weighted by Gasteiger charge is -2.18. The Balaban J connectivity index is 3.63. The van der Waals surface area contributed by atoms with Crippen molar-refractivity contribution in [3.8, 4) is 0 Å². The molecular formula is C10H22N4O2. The summed E-state index contributed by atoms with van der Waals surface area (Å²) in [6.07, 6.45) is 2.11. The predicted molar refractivity (Wildman–Crippen MR) is 62.4 cm³/mol. The van der Waals surface area contributed by atoms with Crippen molar-refractivity contribution in [2.45, 2.75) is 26.2 Å². The zero-order valence-electron chi connectivity index (χ0n) is 10.1. The molecule has 0 fully saturated rings. The second-order valence-electron chi connectivity index (χ2n) is 3.57. The average molecular weight is 230 g/mol. The highest BCUT2D eigenvalue weighted by Gasteiger charge is 2.07. The topological polar surface area (TPSA) is 87.5 Å². The number of nitrogens with one attached hydrogen (secondary N) is 2. The molecule has 4 N–H and O–H groups in total. The summed E-state index contributed by atoms with van der Waals surface area (Å²) < 4.78 is 0. The number of rotatable bonds is 8. The summed E-state index contributed by atoms with van der Waals surface area (Å²) in [7, 11) is 1.63. The average Bonchev–Trinajstić information content (AvgIpc) is 2.32. The Kier molecular flexibility index (Phi) is 8.46. The number of carbonyl (C=O) groups excluding carboxylic acids is 2. The molecule has 0 aromatic rings. The predicted octanol–water partition coefficient (Wildman–Crippen LogP) is -0.785.